The predicted octanol–water partition coefficient (Wildman–Crippen LogP) is 3.57. The first-order valence-corrected chi connectivity index (χ1v) is 5.83. The average Bonchev–Trinajstić information content (AvgIpc) is 2.17. The monoisotopic (exact) mass is 219 g/mol. The average molecular weight is 219 g/mol. The highest BCUT2D eigenvalue weighted by Gasteiger charge is 2.18. The first-order valence-electron chi connectivity index (χ1n) is 5.83. The second kappa shape index (κ2) is 5.15. The standard InChI is InChI=1S/C14H21NO/c1-10(2)13-8-6-7-9-14(13)15(11(3)4)12(5)16/h6-11H,1-5H3. The highest BCUT2D eigenvalue weighted by atomic mass is 16.2. The minimum absolute atomic E-state index is 0.100. The third-order valence-corrected chi connectivity index (χ3v) is 2.67. The fourth-order valence-corrected chi connectivity index (χ4v) is 2.01. The summed E-state index contributed by atoms with van der Waals surface area (Å²) in [5, 5.41) is 0. The molecule has 0 saturated heterocycles. The molecule has 0 aliphatic carbocycles. The molecule has 0 fully saturated rings. The van der Waals surface area contributed by atoms with Crippen LogP contribution in [0, 0.1) is 0 Å². The van der Waals surface area contributed by atoms with Crippen LogP contribution in [0.15, 0.2) is 24.3 Å². The predicted molar refractivity (Wildman–Crippen MR) is 68.8 cm³/mol. The fourth-order valence-electron chi connectivity index (χ4n) is 2.01. The minimum Gasteiger partial charge on any atom is -0.310 e. The van der Waals surface area contributed by atoms with Crippen LogP contribution in [0.3, 0.4) is 0 Å². The molecule has 0 bridgehead atoms. The zero-order valence-corrected chi connectivity index (χ0v) is 10.8. The van der Waals surface area contributed by atoms with Gasteiger partial charge in [-0.15, -0.1) is 0 Å². The van der Waals surface area contributed by atoms with Gasteiger partial charge in [0.15, 0.2) is 0 Å². The molecule has 1 amide bonds. The van der Waals surface area contributed by atoms with E-state index in [1.807, 2.05) is 36.9 Å². The SMILES string of the molecule is CC(=O)N(c1ccccc1C(C)C)C(C)C. The van der Waals surface area contributed by atoms with Crippen LogP contribution in [0.25, 0.3) is 0 Å². The molecule has 0 aliphatic heterocycles. The molecule has 1 aromatic carbocycles. The molecule has 0 aliphatic rings. The van der Waals surface area contributed by atoms with Crippen LogP contribution in [0.1, 0.15) is 46.1 Å². The van der Waals surface area contributed by atoms with Gasteiger partial charge in [0.1, 0.15) is 0 Å². The summed E-state index contributed by atoms with van der Waals surface area (Å²) in [6, 6.07) is 8.32. The van der Waals surface area contributed by atoms with Crippen molar-refractivity contribution in [1.82, 2.24) is 0 Å². The topological polar surface area (TPSA) is 20.3 Å². The molecule has 2 heteroatoms. The number of anilines is 1. The molecule has 0 N–H and O–H groups in total. The van der Waals surface area contributed by atoms with Crippen molar-refractivity contribution in [3.05, 3.63) is 29.8 Å². The molecular weight excluding hydrogens is 198 g/mol. The molecule has 0 radical (unpaired) electrons. The number of benzene rings is 1. The smallest absolute Gasteiger partial charge is 0.224 e. The Morgan fingerprint density at radius 2 is 1.69 bits per heavy atom. The molecule has 0 aromatic heterocycles. The van der Waals surface area contributed by atoms with Gasteiger partial charge in [0.2, 0.25) is 5.91 Å². The van der Waals surface area contributed by atoms with Gasteiger partial charge in [0, 0.05) is 18.7 Å². The second-order valence-corrected chi connectivity index (χ2v) is 4.70. The van der Waals surface area contributed by atoms with E-state index in [-0.39, 0.29) is 11.9 Å². The van der Waals surface area contributed by atoms with E-state index in [0.717, 1.165) is 5.69 Å². The molecule has 0 atom stereocenters. The molecule has 88 valence electrons. The maximum Gasteiger partial charge on any atom is 0.224 e. The summed E-state index contributed by atoms with van der Waals surface area (Å²) in [4.78, 5) is 13.5. The van der Waals surface area contributed by atoms with Crippen molar-refractivity contribution in [3.63, 3.8) is 0 Å². The van der Waals surface area contributed by atoms with Crippen LogP contribution >= 0.6 is 0 Å². The first-order chi connectivity index (χ1) is 7.45. The Bertz CT molecular complexity index is 369. The Kier molecular flexibility index (Phi) is 4.11. The number of carbonyl (C=O) groups excluding carboxylic acids is 1. The Labute approximate surface area is 98.3 Å². The summed E-state index contributed by atoms with van der Waals surface area (Å²) in [6.45, 7) is 10.0. The van der Waals surface area contributed by atoms with Gasteiger partial charge < -0.3 is 4.90 Å². The fraction of sp³-hybridized carbons (Fsp3) is 0.500. The highest BCUT2D eigenvalue weighted by Crippen LogP contribution is 2.28. The van der Waals surface area contributed by atoms with Crippen molar-refractivity contribution in [2.24, 2.45) is 0 Å². The van der Waals surface area contributed by atoms with E-state index in [0.29, 0.717) is 5.92 Å². The summed E-state index contributed by atoms with van der Waals surface area (Å²) in [6.07, 6.45) is 0. The van der Waals surface area contributed by atoms with Gasteiger partial charge in [-0.2, -0.15) is 0 Å². The number of hydrogen-bond acceptors (Lipinski definition) is 1. The van der Waals surface area contributed by atoms with Crippen LogP contribution < -0.4 is 4.90 Å². The number of carbonyl (C=O) groups is 1. The van der Waals surface area contributed by atoms with Crippen LogP contribution in [0.2, 0.25) is 0 Å². The Balaban J connectivity index is 3.24. The molecule has 1 aromatic rings. The van der Waals surface area contributed by atoms with E-state index in [9.17, 15) is 4.79 Å². The lowest BCUT2D eigenvalue weighted by Crippen LogP contribution is -2.35. The Morgan fingerprint density at radius 3 is 2.12 bits per heavy atom. The van der Waals surface area contributed by atoms with Crippen molar-refractivity contribution in [2.75, 3.05) is 4.90 Å². The van der Waals surface area contributed by atoms with Crippen LogP contribution in [-0.2, 0) is 4.79 Å². The van der Waals surface area contributed by atoms with Gasteiger partial charge in [-0.1, -0.05) is 32.0 Å². The number of nitrogens with zero attached hydrogens (tertiary/aromatic N) is 1. The zero-order chi connectivity index (χ0) is 12.3. The van der Waals surface area contributed by atoms with Crippen molar-refractivity contribution < 1.29 is 4.79 Å². The molecule has 16 heavy (non-hydrogen) atoms. The summed E-state index contributed by atoms with van der Waals surface area (Å²) >= 11 is 0. The van der Waals surface area contributed by atoms with E-state index >= 15 is 0 Å². The van der Waals surface area contributed by atoms with Gasteiger partial charge in [0.25, 0.3) is 0 Å². The van der Waals surface area contributed by atoms with E-state index < -0.39 is 0 Å². The Hall–Kier alpha value is -1.31. The molecule has 0 heterocycles. The summed E-state index contributed by atoms with van der Waals surface area (Å²) < 4.78 is 0. The molecule has 0 spiro atoms. The highest BCUT2D eigenvalue weighted by molar-refractivity contribution is 5.92. The van der Waals surface area contributed by atoms with Crippen molar-refractivity contribution in [2.45, 2.75) is 46.6 Å². The van der Waals surface area contributed by atoms with Crippen LogP contribution in [0.4, 0.5) is 5.69 Å². The lowest BCUT2D eigenvalue weighted by atomic mass is 10.00. The lowest BCUT2D eigenvalue weighted by Gasteiger charge is -2.28. The number of para-hydroxylation sites is 1. The summed E-state index contributed by atoms with van der Waals surface area (Å²) in [7, 11) is 0. The normalized spacial score (nSPS) is 10.9. The van der Waals surface area contributed by atoms with Gasteiger partial charge >= 0.3 is 0 Å². The summed E-state index contributed by atoms with van der Waals surface area (Å²) in [5.41, 5.74) is 2.27. The van der Waals surface area contributed by atoms with Crippen molar-refractivity contribution >= 4 is 11.6 Å². The van der Waals surface area contributed by atoms with E-state index in [1.54, 1.807) is 6.92 Å². The van der Waals surface area contributed by atoms with E-state index in [1.165, 1.54) is 5.56 Å². The molecule has 1 rings (SSSR count). The number of hydrogen-bond donors (Lipinski definition) is 0. The van der Waals surface area contributed by atoms with Gasteiger partial charge in [-0.25, -0.2) is 0 Å². The van der Waals surface area contributed by atoms with Gasteiger partial charge in [-0.3, -0.25) is 4.79 Å². The van der Waals surface area contributed by atoms with E-state index in [4.69, 9.17) is 0 Å². The number of rotatable bonds is 3. The molecule has 2 nitrogen and oxygen atoms in total. The van der Waals surface area contributed by atoms with Crippen molar-refractivity contribution in [3.8, 4) is 0 Å². The summed E-state index contributed by atoms with van der Waals surface area (Å²) in [5.74, 6) is 0.528. The van der Waals surface area contributed by atoms with Gasteiger partial charge in [0.05, 0.1) is 0 Å². The number of amides is 1. The zero-order valence-electron chi connectivity index (χ0n) is 10.8. The molecular formula is C14H21NO. The molecule has 0 saturated carbocycles. The van der Waals surface area contributed by atoms with Crippen LogP contribution in [-0.4, -0.2) is 11.9 Å². The third-order valence-electron chi connectivity index (χ3n) is 2.67. The maximum absolute atomic E-state index is 11.7. The first kappa shape index (κ1) is 12.8. The van der Waals surface area contributed by atoms with Gasteiger partial charge in [-0.05, 0) is 31.4 Å². The quantitative estimate of drug-likeness (QED) is 0.761. The Morgan fingerprint density at radius 1 is 1.12 bits per heavy atom. The van der Waals surface area contributed by atoms with E-state index in [2.05, 4.69) is 19.9 Å². The van der Waals surface area contributed by atoms with Crippen molar-refractivity contribution in [1.29, 1.82) is 0 Å². The van der Waals surface area contributed by atoms with Crippen LogP contribution in [0.5, 0.6) is 0 Å². The third kappa shape index (κ3) is 2.63. The molecule has 0 unspecified atom stereocenters. The second-order valence-electron chi connectivity index (χ2n) is 4.70. The maximum atomic E-state index is 11.7. The largest absolute Gasteiger partial charge is 0.310 e. The lowest BCUT2D eigenvalue weighted by molar-refractivity contribution is -0.116. The minimum atomic E-state index is 0.100.